The van der Waals surface area contributed by atoms with Crippen LogP contribution in [0.5, 0.6) is 0 Å². The third-order valence-electron chi connectivity index (χ3n) is 3.28. The Morgan fingerprint density at radius 2 is 1.80 bits per heavy atom. The molecule has 1 saturated carbocycles. The number of non-ortho nitro benzene ring substituents is 1. The van der Waals surface area contributed by atoms with Crippen LogP contribution in [0.25, 0.3) is 0 Å². The van der Waals surface area contributed by atoms with Crippen LogP contribution in [0.2, 0.25) is 0 Å². The van der Waals surface area contributed by atoms with Crippen molar-refractivity contribution in [2.24, 2.45) is 0 Å². The van der Waals surface area contributed by atoms with Crippen LogP contribution in [-0.4, -0.2) is 15.1 Å². The van der Waals surface area contributed by atoms with E-state index < -0.39 is 9.85 Å². The molecule has 1 aliphatic carbocycles. The molecule has 0 atom stereocenters. The van der Waals surface area contributed by atoms with Crippen LogP contribution >= 0.6 is 11.9 Å². The first-order valence-electron chi connectivity index (χ1n) is 6.42. The summed E-state index contributed by atoms with van der Waals surface area (Å²) in [7, 11) is 0. The average Bonchev–Trinajstić information content (AvgIpc) is 2.45. The molecule has 1 aromatic rings. The summed E-state index contributed by atoms with van der Waals surface area (Å²) < 4.78 is 2.98. The molecule has 0 unspecified atom stereocenters. The zero-order valence-corrected chi connectivity index (χ0v) is 11.6. The van der Waals surface area contributed by atoms with Gasteiger partial charge in [-0.3, -0.25) is 20.2 Å². The molecule has 108 valence electrons. The Kier molecular flexibility index (Phi) is 4.78. The number of nitrogens with zero attached hydrogens (tertiary/aromatic N) is 2. The zero-order valence-electron chi connectivity index (χ0n) is 10.8. The van der Waals surface area contributed by atoms with Crippen LogP contribution in [0.4, 0.5) is 17.1 Å². The van der Waals surface area contributed by atoms with Crippen LogP contribution in [0.3, 0.4) is 0 Å². The number of nitro benzene ring substituents is 2. The van der Waals surface area contributed by atoms with Gasteiger partial charge >= 0.3 is 0 Å². The molecule has 0 radical (unpaired) electrons. The van der Waals surface area contributed by atoms with E-state index in [1.807, 2.05) is 0 Å². The van der Waals surface area contributed by atoms with E-state index in [1.54, 1.807) is 0 Å². The molecule has 1 aromatic carbocycles. The fraction of sp³-hybridized carbons (Fsp3) is 0.500. The lowest BCUT2D eigenvalue weighted by molar-refractivity contribution is -0.393. The molecule has 2 rings (SSSR count). The number of anilines is 1. The lowest BCUT2D eigenvalue weighted by Gasteiger charge is -2.21. The van der Waals surface area contributed by atoms with E-state index in [0.717, 1.165) is 18.9 Å². The maximum absolute atomic E-state index is 11.0. The summed E-state index contributed by atoms with van der Waals surface area (Å²) in [6.07, 6.45) is 5.80. The summed E-state index contributed by atoms with van der Waals surface area (Å²) in [6, 6.07) is 3.66. The van der Waals surface area contributed by atoms with E-state index in [1.165, 1.54) is 43.3 Å². The largest absolute Gasteiger partial charge is 0.324 e. The fourth-order valence-electron chi connectivity index (χ4n) is 2.20. The van der Waals surface area contributed by atoms with E-state index >= 15 is 0 Å². The highest BCUT2D eigenvalue weighted by atomic mass is 32.2. The molecule has 0 aliphatic heterocycles. The highest BCUT2D eigenvalue weighted by Crippen LogP contribution is 2.34. The Labute approximate surface area is 120 Å². The second-order valence-corrected chi connectivity index (χ2v) is 5.80. The monoisotopic (exact) mass is 297 g/mol. The topological polar surface area (TPSA) is 98.3 Å². The smallest absolute Gasteiger partial charge is 0.300 e. The minimum atomic E-state index is -0.634. The van der Waals surface area contributed by atoms with E-state index in [4.69, 9.17) is 0 Å². The lowest BCUT2D eigenvalue weighted by atomic mass is 10.0. The minimum absolute atomic E-state index is 0.262. The predicted octanol–water partition coefficient (Wildman–Crippen LogP) is 3.90. The highest BCUT2D eigenvalue weighted by Gasteiger charge is 2.21. The van der Waals surface area contributed by atoms with Crippen molar-refractivity contribution in [1.29, 1.82) is 0 Å². The first-order valence-corrected chi connectivity index (χ1v) is 7.30. The number of benzene rings is 1. The van der Waals surface area contributed by atoms with Gasteiger partial charge in [0.05, 0.1) is 15.9 Å². The summed E-state index contributed by atoms with van der Waals surface area (Å²) in [5.41, 5.74) is -0.219. The number of hydrogen-bond acceptors (Lipinski definition) is 6. The van der Waals surface area contributed by atoms with E-state index in [2.05, 4.69) is 4.72 Å². The number of rotatable bonds is 5. The molecule has 0 bridgehead atoms. The van der Waals surface area contributed by atoms with Gasteiger partial charge in [-0.15, -0.1) is 0 Å². The maximum Gasteiger partial charge on any atom is 0.300 e. The molecule has 0 spiro atoms. The van der Waals surface area contributed by atoms with Crippen molar-refractivity contribution >= 4 is 29.0 Å². The normalized spacial score (nSPS) is 15.8. The first kappa shape index (κ1) is 14.6. The van der Waals surface area contributed by atoms with Gasteiger partial charge in [0.1, 0.15) is 5.69 Å². The predicted molar refractivity (Wildman–Crippen MR) is 77.8 cm³/mol. The van der Waals surface area contributed by atoms with E-state index in [-0.39, 0.29) is 11.4 Å². The summed E-state index contributed by atoms with van der Waals surface area (Å²) in [4.78, 5) is 20.4. The number of nitro groups is 2. The molecule has 8 heteroatoms. The van der Waals surface area contributed by atoms with Gasteiger partial charge in [-0.25, -0.2) is 0 Å². The molecule has 0 heterocycles. The molecule has 1 N–H and O–H groups in total. The molecule has 0 aromatic heterocycles. The molecular weight excluding hydrogens is 282 g/mol. The second-order valence-electron chi connectivity index (χ2n) is 4.70. The quantitative estimate of drug-likeness (QED) is 0.503. The van der Waals surface area contributed by atoms with Crippen molar-refractivity contribution in [2.45, 2.75) is 37.4 Å². The lowest BCUT2D eigenvalue weighted by Crippen LogP contribution is -2.10. The van der Waals surface area contributed by atoms with Gasteiger partial charge in [-0.2, -0.15) is 0 Å². The Hall–Kier alpha value is -1.83. The highest BCUT2D eigenvalue weighted by molar-refractivity contribution is 8.01. The van der Waals surface area contributed by atoms with Gasteiger partial charge < -0.3 is 4.72 Å². The van der Waals surface area contributed by atoms with Crippen molar-refractivity contribution in [1.82, 2.24) is 0 Å². The summed E-state index contributed by atoms with van der Waals surface area (Å²) >= 11 is 1.47. The summed E-state index contributed by atoms with van der Waals surface area (Å²) in [6.45, 7) is 0. The van der Waals surface area contributed by atoms with Crippen LogP contribution in [0.1, 0.15) is 32.1 Å². The first-order chi connectivity index (χ1) is 9.58. The van der Waals surface area contributed by atoms with Gasteiger partial charge in [0.15, 0.2) is 0 Å². The molecule has 0 amide bonds. The molecule has 7 nitrogen and oxygen atoms in total. The molecule has 1 fully saturated rings. The number of hydrogen-bond donors (Lipinski definition) is 1. The van der Waals surface area contributed by atoms with Crippen LogP contribution < -0.4 is 4.72 Å². The van der Waals surface area contributed by atoms with Crippen molar-refractivity contribution in [3.05, 3.63) is 38.4 Å². The van der Waals surface area contributed by atoms with Crippen LogP contribution in [0, 0.1) is 20.2 Å². The zero-order chi connectivity index (χ0) is 14.5. The van der Waals surface area contributed by atoms with Gasteiger partial charge in [0.25, 0.3) is 11.4 Å². The van der Waals surface area contributed by atoms with Gasteiger partial charge in [-0.1, -0.05) is 19.3 Å². The maximum atomic E-state index is 11.0. The third kappa shape index (κ3) is 3.60. The van der Waals surface area contributed by atoms with Crippen molar-refractivity contribution < 1.29 is 9.85 Å². The van der Waals surface area contributed by atoms with E-state index in [0.29, 0.717) is 10.9 Å². The fourth-order valence-corrected chi connectivity index (χ4v) is 3.24. The Morgan fingerprint density at radius 1 is 1.10 bits per heavy atom. The van der Waals surface area contributed by atoms with Gasteiger partial charge in [0, 0.05) is 11.3 Å². The average molecular weight is 297 g/mol. The van der Waals surface area contributed by atoms with Crippen molar-refractivity contribution in [3.8, 4) is 0 Å². The van der Waals surface area contributed by atoms with Gasteiger partial charge in [-0.05, 0) is 30.9 Å². The van der Waals surface area contributed by atoms with Crippen molar-refractivity contribution in [3.63, 3.8) is 0 Å². The molecular formula is C12H15N3O4S. The summed E-state index contributed by atoms with van der Waals surface area (Å²) in [5, 5.41) is 22.1. The third-order valence-corrected chi connectivity index (χ3v) is 4.42. The molecule has 20 heavy (non-hydrogen) atoms. The summed E-state index contributed by atoms with van der Waals surface area (Å²) in [5.74, 6) is 0. The van der Waals surface area contributed by atoms with Crippen LogP contribution in [0.15, 0.2) is 18.2 Å². The standard InChI is InChI=1S/C12H15N3O4S/c16-14(17)9-6-7-11(12(8-9)15(18)19)13-20-10-4-2-1-3-5-10/h6-8,10,13H,1-5H2. The SMILES string of the molecule is O=[N+]([O-])c1ccc(NSC2CCCCC2)c([N+](=O)[O-])c1. The van der Waals surface area contributed by atoms with E-state index in [9.17, 15) is 20.2 Å². The van der Waals surface area contributed by atoms with Gasteiger partial charge in [0.2, 0.25) is 0 Å². The number of nitrogens with one attached hydrogen (secondary N) is 1. The molecule has 1 aliphatic rings. The Bertz CT molecular complexity index is 517. The van der Waals surface area contributed by atoms with Crippen LogP contribution in [-0.2, 0) is 0 Å². The Morgan fingerprint density at radius 3 is 2.40 bits per heavy atom. The Balaban J connectivity index is 2.09. The molecule has 0 saturated heterocycles. The minimum Gasteiger partial charge on any atom is -0.324 e. The van der Waals surface area contributed by atoms with Crippen molar-refractivity contribution in [2.75, 3.05) is 4.72 Å². The second kappa shape index (κ2) is 6.56.